The zero-order valence-corrected chi connectivity index (χ0v) is 9.67. The number of rotatable bonds is 1. The van der Waals surface area contributed by atoms with Gasteiger partial charge < -0.3 is 9.97 Å². The fraction of sp³-hybridized carbons (Fsp3) is 0. The van der Waals surface area contributed by atoms with Gasteiger partial charge in [-0.05, 0) is 17.5 Å². The van der Waals surface area contributed by atoms with E-state index < -0.39 is 0 Å². The summed E-state index contributed by atoms with van der Waals surface area (Å²) in [6.07, 6.45) is 3.62. The Labute approximate surface area is 100 Å². The van der Waals surface area contributed by atoms with Crippen molar-refractivity contribution in [2.45, 2.75) is 0 Å². The van der Waals surface area contributed by atoms with E-state index >= 15 is 0 Å². The summed E-state index contributed by atoms with van der Waals surface area (Å²) < 4.78 is 0. The first kappa shape index (κ1) is 10.0. The second kappa shape index (κ2) is 3.71. The van der Waals surface area contributed by atoms with E-state index in [0.29, 0.717) is 16.5 Å². The molecule has 2 aliphatic rings. The topological polar surface area (TPSA) is 61.5 Å². The van der Waals surface area contributed by atoms with Crippen LogP contribution in [0.15, 0.2) is 28.5 Å². The maximum absolute atomic E-state index is 11.8. The molecule has 0 saturated heterocycles. The van der Waals surface area contributed by atoms with E-state index in [1.54, 1.807) is 17.5 Å². The molecule has 1 aromatic rings. The van der Waals surface area contributed by atoms with Crippen molar-refractivity contribution in [1.82, 2.24) is 15.0 Å². The number of aromatic nitrogens is 3. The summed E-state index contributed by atoms with van der Waals surface area (Å²) in [7, 11) is 0. The van der Waals surface area contributed by atoms with Gasteiger partial charge in [0.25, 0.3) is 5.56 Å². The monoisotopic (exact) mass is 243 g/mol. The van der Waals surface area contributed by atoms with Crippen LogP contribution in [-0.2, 0) is 0 Å². The minimum atomic E-state index is -0.125. The zero-order chi connectivity index (χ0) is 11.8. The number of thiophene rings is 1. The third kappa shape index (κ3) is 1.70. The second-order valence-electron chi connectivity index (χ2n) is 3.64. The third-order valence-electron chi connectivity index (χ3n) is 2.48. The maximum atomic E-state index is 11.8. The van der Waals surface area contributed by atoms with Crippen molar-refractivity contribution < 1.29 is 0 Å². The summed E-state index contributed by atoms with van der Waals surface area (Å²) in [5.41, 5.74) is 1.19. The molecule has 0 unspecified atom stereocenters. The summed E-state index contributed by atoms with van der Waals surface area (Å²) in [4.78, 5) is 22.6. The molecule has 2 N–H and O–H groups in total. The quantitative estimate of drug-likeness (QED) is 0.654. The summed E-state index contributed by atoms with van der Waals surface area (Å²) in [6.45, 7) is 3.69. The van der Waals surface area contributed by atoms with Crippen molar-refractivity contribution in [1.29, 1.82) is 0 Å². The van der Waals surface area contributed by atoms with Crippen LogP contribution in [0.5, 0.6) is 0 Å². The van der Waals surface area contributed by atoms with Crippen LogP contribution in [-0.4, -0.2) is 15.0 Å². The molecule has 0 radical (unpaired) electrons. The van der Waals surface area contributed by atoms with Crippen LogP contribution < -0.4 is 16.3 Å². The van der Waals surface area contributed by atoms with Gasteiger partial charge in [-0.1, -0.05) is 12.6 Å². The van der Waals surface area contributed by atoms with E-state index in [4.69, 9.17) is 0 Å². The Balaban J connectivity index is 2.35. The Morgan fingerprint density at radius 3 is 3.12 bits per heavy atom. The highest BCUT2D eigenvalue weighted by Gasteiger charge is 2.10. The molecule has 3 heterocycles. The SMILES string of the molecule is C=c1nc2[nH]c(=O)c(=Cc3cccs3)c-2c[nH]1. The Morgan fingerprint density at radius 1 is 1.47 bits per heavy atom. The smallest absolute Gasteiger partial charge is 0.257 e. The number of hydrogen-bond donors (Lipinski definition) is 2. The van der Waals surface area contributed by atoms with E-state index in [2.05, 4.69) is 21.5 Å². The minimum Gasteiger partial charge on any atom is -0.346 e. The van der Waals surface area contributed by atoms with E-state index in [1.165, 1.54) is 0 Å². The van der Waals surface area contributed by atoms with Crippen LogP contribution in [0.1, 0.15) is 4.88 Å². The molecule has 5 heteroatoms. The van der Waals surface area contributed by atoms with Crippen LogP contribution in [0.3, 0.4) is 0 Å². The zero-order valence-electron chi connectivity index (χ0n) is 8.86. The molecular weight excluding hydrogens is 234 g/mol. The molecule has 0 atom stereocenters. The van der Waals surface area contributed by atoms with E-state index in [-0.39, 0.29) is 5.56 Å². The normalized spacial score (nSPS) is 12.4. The highest BCUT2D eigenvalue weighted by atomic mass is 32.1. The molecule has 0 fully saturated rings. The molecule has 0 saturated carbocycles. The molecule has 84 valence electrons. The molecule has 0 spiro atoms. The summed E-state index contributed by atoms with van der Waals surface area (Å²) in [5.74, 6) is 0.571. The molecule has 0 bridgehead atoms. The lowest BCUT2D eigenvalue weighted by molar-refractivity contribution is 1.07. The Bertz CT molecular complexity index is 782. The molecule has 0 aliphatic carbocycles. The highest BCUT2D eigenvalue weighted by molar-refractivity contribution is 7.10. The number of nitrogens with zero attached hydrogens (tertiary/aromatic N) is 1. The van der Waals surface area contributed by atoms with Crippen molar-refractivity contribution in [2.24, 2.45) is 0 Å². The largest absolute Gasteiger partial charge is 0.346 e. The number of aromatic amines is 2. The first-order valence-electron chi connectivity index (χ1n) is 5.05. The molecule has 0 aromatic carbocycles. The van der Waals surface area contributed by atoms with Crippen molar-refractivity contribution in [3.63, 3.8) is 0 Å². The van der Waals surface area contributed by atoms with Crippen LogP contribution >= 0.6 is 11.3 Å². The van der Waals surface area contributed by atoms with Gasteiger partial charge in [0, 0.05) is 16.6 Å². The van der Waals surface area contributed by atoms with Gasteiger partial charge in [-0.2, -0.15) is 0 Å². The molecule has 4 nitrogen and oxygen atoms in total. The third-order valence-corrected chi connectivity index (χ3v) is 3.30. The lowest BCUT2D eigenvalue weighted by Crippen LogP contribution is -2.21. The van der Waals surface area contributed by atoms with Crippen LogP contribution in [0.25, 0.3) is 24.0 Å². The van der Waals surface area contributed by atoms with E-state index in [0.717, 1.165) is 10.4 Å². The van der Waals surface area contributed by atoms with Crippen molar-refractivity contribution in [2.75, 3.05) is 0 Å². The molecule has 2 aliphatic heterocycles. The predicted octanol–water partition coefficient (Wildman–Crippen LogP) is 0.503. The Kier molecular flexibility index (Phi) is 2.19. The van der Waals surface area contributed by atoms with Crippen LogP contribution in [0, 0.1) is 0 Å². The van der Waals surface area contributed by atoms with Crippen molar-refractivity contribution >= 4 is 24.0 Å². The number of nitrogens with one attached hydrogen (secondary N) is 2. The Hall–Kier alpha value is -2.14. The average molecular weight is 243 g/mol. The number of H-pyrrole nitrogens is 2. The Morgan fingerprint density at radius 2 is 2.35 bits per heavy atom. The molecule has 17 heavy (non-hydrogen) atoms. The van der Waals surface area contributed by atoms with Gasteiger partial charge in [-0.3, -0.25) is 4.79 Å². The standard InChI is InChI=1S/C12H9N3OS/c1-7-13-6-10-9(5-8-3-2-4-17-8)12(16)15-11(10)14-7/h2-6,13H,1H2,(H,14,15,16). The van der Waals surface area contributed by atoms with Gasteiger partial charge in [0.2, 0.25) is 0 Å². The number of fused-ring (bicyclic) bond motifs is 1. The maximum Gasteiger partial charge on any atom is 0.257 e. The summed E-state index contributed by atoms with van der Waals surface area (Å²) in [5, 5.41) is 2.61. The summed E-state index contributed by atoms with van der Waals surface area (Å²) >= 11 is 1.59. The molecule has 1 aromatic heterocycles. The van der Waals surface area contributed by atoms with E-state index in [1.807, 2.05) is 23.6 Å². The van der Waals surface area contributed by atoms with Gasteiger partial charge >= 0.3 is 0 Å². The van der Waals surface area contributed by atoms with Crippen molar-refractivity contribution in [3.05, 3.63) is 49.6 Å². The molecule has 3 rings (SSSR count). The number of hydrogen-bond acceptors (Lipinski definition) is 3. The molecular formula is C12H9N3OS. The predicted molar refractivity (Wildman–Crippen MR) is 68.5 cm³/mol. The minimum absolute atomic E-state index is 0.125. The fourth-order valence-corrected chi connectivity index (χ4v) is 2.37. The van der Waals surface area contributed by atoms with Gasteiger partial charge in [0.05, 0.1) is 5.22 Å². The van der Waals surface area contributed by atoms with Crippen LogP contribution in [0.2, 0.25) is 0 Å². The first-order chi connectivity index (χ1) is 8.24. The van der Waals surface area contributed by atoms with E-state index in [9.17, 15) is 4.79 Å². The van der Waals surface area contributed by atoms with Crippen LogP contribution in [0.4, 0.5) is 0 Å². The van der Waals surface area contributed by atoms with Gasteiger partial charge in [0.15, 0.2) is 0 Å². The van der Waals surface area contributed by atoms with Gasteiger partial charge in [0.1, 0.15) is 11.3 Å². The van der Waals surface area contributed by atoms with Gasteiger partial charge in [-0.15, -0.1) is 11.3 Å². The fourth-order valence-electron chi connectivity index (χ4n) is 1.71. The average Bonchev–Trinajstić information content (AvgIpc) is 2.88. The summed E-state index contributed by atoms with van der Waals surface area (Å²) in [6, 6.07) is 3.92. The lowest BCUT2D eigenvalue weighted by atomic mass is 10.2. The molecule has 0 amide bonds. The second-order valence-corrected chi connectivity index (χ2v) is 4.62. The lowest BCUT2D eigenvalue weighted by Gasteiger charge is -1.94. The highest BCUT2D eigenvalue weighted by Crippen LogP contribution is 2.10. The van der Waals surface area contributed by atoms with Gasteiger partial charge in [-0.25, -0.2) is 4.98 Å². The first-order valence-corrected chi connectivity index (χ1v) is 5.93. The van der Waals surface area contributed by atoms with Crippen molar-refractivity contribution in [3.8, 4) is 11.4 Å².